The van der Waals surface area contributed by atoms with E-state index in [9.17, 15) is 9.59 Å². The first-order valence-electron chi connectivity index (χ1n) is 6.03. The quantitative estimate of drug-likeness (QED) is 0.837. The second-order valence-corrected chi connectivity index (χ2v) is 4.37. The Morgan fingerprint density at radius 2 is 2.20 bits per heavy atom. The molecule has 8 nitrogen and oxygen atoms in total. The van der Waals surface area contributed by atoms with Crippen LogP contribution in [0.5, 0.6) is 0 Å². The minimum atomic E-state index is -0.889. The average molecular weight is 278 g/mol. The normalized spacial score (nSPS) is 10.7. The summed E-state index contributed by atoms with van der Waals surface area (Å²) in [4.78, 5) is 30.4. The van der Waals surface area contributed by atoms with Crippen molar-refractivity contribution in [3.05, 3.63) is 39.7 Å². The molecular weight excluding hydrogens is 264 g/mol. The Balaban J connectivity index is 2.38. The van der Waals surface area contributed by atoms with Gasteiger partial charge in [-0.3, -0.25) is 9.36 Å². The molecule has 0 radical (unpaired) electrons. The predicted molar refractivity (Wildman–Crippen MR) is 67.3 cm³/mol. The Morgan fingerprint density at radius 1 is 1.45 bits per heavy atom. The SMILES string of the molecule is Cc1nc(=O)n(Cc2ncon2)c(C)c1CCC(=O)O. The van der Waals surface area contributed by atoms with Crippen molar-refractivity contribution in [1.29, 1.82) is 0 Å². The van der Waals surface area contributed by atoms with Crippen LogP contribution in [0.4, 0.5) is 0 Å². The molecule has 0 spiro atoms. The van der Waals surface area contributed by atoms with E-state index in [2.05, 4.69) is 19.6 Å². The van der Waals surface area contributed by atoms with Gasteiger partial charge in [-0.1, -0.05) is 5.16 Å². The van der Waals surface area contributed by atoms with Gasteiger partial charge in [0, 0.05) is 17.8 Å². The fourth-order valence-electron chi connectivity index (χ4n) is 2.02. The van der Waals surface area contributed by atoms with Gasteiger partial charge in [0.05, 0.1) is 6.54 Å². The summed E-state index contributed by atoms with van der Waals surface area (Å²) in [6, 6.07) is 0. The Bertz CT molecular complexity index is 676. The first kappa shape index (κ1) is 13.9. The Morgan fingerprint density at radius 3 is 2.80 bits per heavy atom. The van der Waals surface area contributed by atoms with Crippen LogP contribution in [0.2, 0.25) is 0 Å². The van der Waals surface area contributed by atoms with Crippen molar-refractivity contribution in [3.8, 4) is 0 Å². The van der Waals surface area contributed by atoms with Crippen molar-refractivity contribution >= 4 is 5.97 Å². The average Bonchev–Trinajstić information content (AvgIpc) is 2.86. The first-order chi connectivity index (χ1) is 9.49. The number of rotatable bonds is 5. The van der Waals surface area contributed by atoms with E-state index < -0.39 is 11.7 Å². The van der Waals surface area contributed by atoms with Crippen molar-refractivity contribution in [2.24, 2.45) is 0 Å². The van der Waals surface area contributed by atoms with Crippen LogP contribution < -0.4 is 5.69 Å². The molecule has 0 bridgehead atoms. The van der Waals surface area contributed by atoms with Crippen LogP contribution in [0, 0.1) is 13.8 Å². The minimum Gasteiger partial charge on any atom is -0.481 e. The molecule has 0 unspecified atom stereocenters. The van der Waals surface area contributed by atoms with Crippen molar-refractivity contribution in [1.82, 2.24) is 19.7 Å². The van der Waals surface area contributed by atoms with Crippen LogP contribution in [0.1, 0.15) is 29.2 Å². The van der Waals surface area contributed by atoms with Gasteiger partial charge < -0.3 is 9.63 Å². The molecule has 0 aromatic carbocycles. The molecule has 0 amide bonds. The number of aliphatic carboxylic acids is 1. The monoisotopic (exact) mass is 278 g/mol. The molecule has 0 aliphatic rings. The number of hydrogen-bond donors (Lipinski definition) is 1. The van der Waals surface area contributed by atoms with Crippen molar-refractivity contribution in [2.45, 2.75) is 33.2 Å². The Labute approximate surface area is 114 Å². The maximum Gasteiger partial charge on any atom is 0.348 e. The van der Waals surface area contributed by atoms with E-state index >= 15 is 0 Å². The molecule has 0 fully saturated rings. The van der Waals surface area contributed by atoms with Gasteiger partial charge in [0.1, 0.15) is 0 Å². The van der Waals surface area contributed by atoms with Gasteiger partial charge >= 0.3 is 11.7 Å². The van der Waals surface area contributed by atoms with Crippen LogP contribution >= 0.6 is 0 Å². The maximum atomic E-state index is 11.9. The molecule has 20 heavy (non-hydrogen) atoms. The highest BCUT2D eigenvalue weighted by Gasteiger charge is 2.14. The summed E-state index contributed by atoms with van der Waals surface area (Å²) in [5.41, 5.74) is 1.58. The highest BCUT2D eigenvalue weighted by Crippen LogP contribution is 2.12. The van der Waals surface area contributed by atoms with Crippen LogP contribution in [-0.4, -0.2) is 30.8 Å². The lowest BCUT2D eigenvalue weighted by atomic mass is 10.1. The molecule has 0 saturated carbocycles. The summed E-state index contributed by atoms with van der Waals surface area (Å²) < 4.78 is 6.04. The third-order valence-corrected chi connectivity index (χ3v) is 3.07. The fourth-order valence-corrected chi connectivity index (χ4v) is 2.02. The third kappa shape index (κ3) is 2.90. The number of nitrogens with zero attached hydrogens (tertiary/aromatic N) is 4. The van der Waals surface area contributed by atoms with Gasteiger partial charge in [0.15, 0.2) is 5.82 Å². The molecule has 2 aromatic rings. The van der Waals surface area contributed by atoms with E-state index in [-0.39, 0.29) is 13.0 Å². The molecule has 2 heterocycles. The highest BCUT2D eigenvalue weighted by molar-refractivity contribution is 5.67. The summed E-state index contributed by atoms with van der Waals surface area (Å²) in [6.45, 7) is 3.60. The second-order valence-electron chi connectivity index (χ2n) is 4.37. The van der Waals surface area contributed by atoms with Crippen LogP contribution in [0.15, 0.2) is 15.7 Å². The third-order valence-electron chi connectivity index (χ3n) is 3.07. The van der Waals surface area contributed by atoms with E-state index in [1.54, 1.807) is 13.8 Å². The molecule has 0 aliphatic carbocycles. The van der Waals surface area contributed by atoms with Crippen LogP contribution in [0.3, 0.4) is 0 Å². The number of carboxylic acid groups (broad SMARTS) is 1. The number of carboxylic acids is 1. The summed E-state index contributed by atoms with van der Waals surface area (Å²) in [5, 5.41) is 12.4. The van der Waals surface area contributed by atoms with Crippen LogP contribution in [0.25, 0.3) is 0 Å². The molecule has 1 N–H and O–H groups in total. The highest BCUT2D eigenvalue weighted by atomic mass is 16.5. The number of carbonyl (C=O) groups is 1. The van der Waals surface area contributed by atoms with Gasteiger partial charge in [0.25, 0.3) is 0 Å². The zero-order valence-electron chi connectivity index (χ0n) is 11.2. The lowest BCUT2D eigenvalue weighted by Gasteiger charge is -2.13. The Kier molecular flexibility index (Phi) is 3.92. The molecule has 8 heteroatoms. The first-order valence-corrected chi connectivity index (χ1v) is 6.03. The van der Waals surface area contributed by atoms with Gasteiger partial charge in [-0.05, 0) is 25.8 Å². The molecular formula is C12H14N4O4. The minimum absolute atomic E-state index is 0.0101. The van der Waals surface area contributed by atoms with Crippen molar-refractivity contribution < 1.29 is 14.4 Å². The van der Waals surface area contributed by atoms with Gasteiger partial charge in [-0.25, -0.2) is 4.79 Å². The van der Waals surface area contributed by atoms with E-state index in [1.807, 2.05) is 0 Å². The van der Waals surface area contributed by atoms with Gasteiger partial charge in [-0.15, -0.1) is 0 Å². The van der Waals surface area contributed by atoms with E-state index in [0.717, 1.165) is 5.56 Å². The maximum absolute atomic E-state index is 11.9. The Hall–Kier alpha value is -2.51. The second kappa shape index (κ2) is 5.64. The summed E-state index contributed by atoms with van der Waals surface area (Å²) in [6.07, 6.45) is 1.50. The zero-order valence-corrected chi connectivity index (χ0v) is 11.2. The summed E-state index contributed by atoms with van der Waals surface area (Å²) in [5.74, 6) is -0.523. The smallest absolute Gasteiger partial charge is 0.348 e. The summed E-state index contributed by atoms with van der Waals surface area (Å²) in [7, 11) is 0. The molecule has 106 valence electrons. The number of aryl methyl sites for hydroxylation is 1. The molecule has 0 aliphatic heterocycles. The molecule has 0 saturated heterocycles. The van der Waals surface area contributed by atoms with Crippen molar-refractivity contribution in [2.75, 3.05) is 0 Å². The predicted octanol–water partition coefficient (Wildman–Crippen LogP) is 0.309. The molecule has 2 rings (SSSR count). The standard InChI is InChI=1S/C12H14N4O4/c1-7-9(3-4-11(17)18)8(2)16(12(19)14-7)5-10-13-6-20-15-10/h6H,3-5H2,1-2H3,(H,17,18). The number of aromatic nitrogens is 4. The molecule has 0 atom stereocenters. The number of hydrogen-bond acceptors (Lipinski definition) is 6. The summed E-state index contributed by atoms with van der Waals surface area (Å²) >= 11 is 0. The zero-order chi connectivity index (χ0) is 14.7. The lowest BCUT2D eigenvalue weighted by molar-refractivity contribution is -0.136. The topological polar surface area (TPSA) is 111 Å². The van der Waals surface area contributed by atoms with Gasteiger partial charge in [-0.2, -0.15) is 9.97 Å². The largest absolute Gasteiger partial charge is 0.481 e. The molecule has 2 aromatic heterocycles. The van der Waals surface area contributed by atoms with E-state index in [1.165, 1.54) is 11.0 Å². The van der Waals surface area contributed by atoms with Gasteiger partial charge in [0.2, 0.25) is 6.39 Å². The van der Waals surface area contributed by atoms with Crippen molar-refractivity contribution in [3.63, 3.8) is 0 Å². The van der Waals surface area contributed by atoms with Crippen LogP contribution in [-0.2, 0) is 17.8 Å². The van der Waals surface area contributed by atoms with E-state index in [4.69, 9.17) is 5.11 Å². The fraction of sp³-hybridized carbons (Fsp3) is 0.417. The lowest BCUT2D eigenvalue weighted by Crippen LogP contribution is -2.28. The van der Waals surface area contributed by atoms with E-state index in [0.29, 0.717) is 23.6 Å².